The molecule has 1 saturated carbocycles. The van der Waals surface area contributed by atoms with Gasteiger partial charge < -0.3 is 19.5 Å². The highest BCUT2D eigenvalue weighted by Crippen LogP contribution is 2.64. The normalized spacial score (nSPS) is 30.9. The van der Waals surface area contributed by atoms with E-state index in [1.165, 1.54) is 18.4 Å². The summed E-state index contributed by atoms with van der Waals surface area (Å²) in [4.78, 5) is 11.9. The molecule has 3 aliphatic rings. The molecule has 0 aromatic heterocycles. The number of alkyl carbamates (subject to hydrolysis) is 1. The van der Waals surface area contributed by atoms with Crippen LogP contribution in [-0.4, -0.2) is 41.7 Å². The van der Waals surface area contributed by atoms with Crippen molar-refractivity contribution in [3.05, 3.63) is 11.6 Å². The minimum atomic E-state index is -0.461. The van der Waals surface area contributed by atoms with Gasteiger partial charge in [0.1, 0.15) is 5.60 Å². The number of alkyl halides is 1. The first kappa shape index (κ1) is 23.3. The maximum Gasteiger partial charge on any atom is 0.407 e. The molecule has 1 amide bonds. The summed E-state index contributed by atoms with van der Waals surface area (Å²) in [6.07, 6.45) is 9.74. The first-order chi connectivity index (χ1) is 13.7. The van der Waals surface area contributed by atoms with Crippen molar-refractivity contribution < 1.29 is 19.0 Å². The molecule has 0 aromatic carbocycles. The van der Waals surface area contributed by atoms with Gasteiger partial charge in [0.2, 0.25) is 0 Å². The SMILES string of the molecule is C[C@@H]1C[C@H]2CC=C(CCCNC(=O)OC(C)(C)C)[C@@]2(CCCI)C2(C1)OCCO2. The van der Waals surface area contributed by atoms with Crippen molar-refractivity contribution in [1.82, 2.24) is 5.32 Å². The van der Waals surface area contributed by atoms with Gasteiger partial charge in [-0.2, -0.15) is 0 Å². The van der Waals surface area contributed by atoms with Crippen molar-refractivity contribution >= 4 is 28.7 Å². The second kappa shape index (κ2) is 9.43. The molecule has 1 saturated heterocycles. The Morgan fingerprint density at radius 1 is 1.31 bits per heavy atom. The third kappa shape index (κ3) is 4.95. The van der Waals surface area contributed by atoms with Crippen LogP contribution in [0.1, 0.15) is 72.6 Å². The van der Waals surface area contributed by atoms with E-state index in [1.54, 1.807) is 0 Å². The van der Waals surface area contributed by atoms with Crippen LogP contribution in [0.2, 0.25) is 0 Å². The number of nitrogens with one attached hydrogen (secondary N) is 1. The van der Waals surface area contributed by atoms with Crippen molar-refractivity contribution in [2.75, 3.05) is 24.2 Å². The van der Waals surface area contributed by atoms with Gasteiger partial charge in [0.15, 0.2) is 5.79 Å². The number of carbonyl (C=O) groups excluding carboxylic acids is 1. The van der Waals surface area contributed by atoms with Gasteiger partial charge in [0.05, 0.1) is 13.2 Å². The zero-order valence-corrected chi connectivity index (χ0v) is 20.7. The summed E-state index contributed by atoms with van der Waals surface area (Å²) in [5, 5.41) is 2.91. The summed E-state index contributed by atoms with van der Waals surface area (Å²) in [5.74, 6) is 0.802. The maximum absolute atomic E-state index is 11.9. The van der Waals surface area contributed by atoms with E-state index >= 15 is 0 Å². The molecule has 1 aliphatic heterocycles. The fourth-order valence-corrected chi connectivity index (χ4v) is 6.21. The molecule has 2 aliphatic carbocycles. The van der Waals surface area contributed by atoms with E-state index in [0.29, 0.717) is 31.6 Å². The Morgan fingerprint density at radius 2 is 2.03 bits per heavy atom. The molecule has 2 fully saturated rings. The molecular weight excluding hydrogens is 481 g/mol. The highest BCUT2D eigenvalue weighted by atomic mass is 127. The van der Waals surface area contributed by atoms with Crippen molar-refractivity contribution in [2.45, 2.75) is 84.0 Å². The second-order valence-electron chi connectivity index (χ2n) is 9.95. The highest BCUT2D eigenvalue weighted by Gasteiger charge is 2.64. The zero-order valence-electron chi connectivity index (χ0n) is 18.5. The largest absolute Gasteiger partial charge is 0.444 e. The average Bonchev–Trinajstić information content (AvgIpc) is 3.22. The van der Waals surface area contributed by atoms with E-state index in [-0.39, 0.29) is 11.5 Å². The van der Waals surface area contributed by atoms with Crippen LogP contribution < -0.4 is 5.32 Å². The van der Waals surface area contributed by atoms with Crippen LogP contribution in [0.5, 0.6) is 0 Å². The van der Waals surface area contributed by atoms with Gasteiger partial charge >= 0.3 is 6.09 Å². The standard InChI is InChI=1S/C23H38INO4/c1-17-15-19-9-8-18(7-5-12-25-20(26)29-21(2,3)4)22(19,10-6-11-24)23(16-17)27-13-14-28-23/h8,17,19H,5-7,9-16H2,1-4H3,(H,25,26)/t17-,19-,22-/m1/s1. The number of allylic oxidation sites excluding steroid dienone is 1. The minimum absolute atomic E-state index is 0.00704. The van der Waals surface area contributed by atoms with Crippen molar-refractivity contribution in [1.29, 1.82) is 0 Å². The van der Waals surface area contributed by atoms with Crippen LogP contribution in [0.15, 0.2) is 11.6 Å². The number of fused-ring (bicyclic) bond motifs is 2. The first-order valence-corrected chi connectivity index (χ1v) is 12.8. The molecule has 3 atom stereocenters. The lowest BCUT2D eigenvalue weighted by Crippen LogP contribution is -2.57. The monoisotopic (exact) mass is 519 g/mol. The lowest BCUT2D eigenvalue weighted by atomic mass is 9.56. The number of rotatable bonds is 7. The van der Waals surface area contributed by atoms with Gasteiger partial charge in [0.25, 0.3) is 0 Å². The van der Waals surface area contributed by atoms with Crippen LogP contribution in [0, 0.1) is 17.3 Å². The minimum Gasteiger partial charge on any atom is -0.444 e. The van der Waals surface area contributed by atoms with Crippen LogP contribution in [0.4, 0.5) is 4.79 Å². The summed E-state index contributed by atoms with van der Waals surface area (Å²) in [6, 6.07) is 0. The Hall–Kier alpha value is -0.340. The van der Waals surface area contributed by atoms with Gasteiger partial charge in [-0.3, -0.25) is 0 Å². The van der Waals surface area contributed by atoms with Crippen LogP contribution in [-0.2, 0) is 14.2 Å². The van der Waals surface area contributed by atoms with Crippen LogP contribution >= 0.6 is 22.6 Å². The Balaban J connectivity index is 1.68. The van der Waals surface area contributed by atoms with Crippen LogP contribution in [0.3, 0.4) is 0 Å². The number of carbonyl (C=O) groups is 1. The molecule has 166 valence electrons. The third-order valence-electron chi connectivity index (χ3n) is 6.65. The fraction of sp³-hybridized carbons (Fsp3) is 0.870. The predicted octanol–water partition coefficient (Wildman–Crippen LogP) is 5.61. The average molecular weight is 519 g/mol. The van der Waals surface area contributed by atoms with E-state index in [4.69, 9.17) is 14.2 Å². The molecule has 0 unspecified atom stereocenters. The number of hydrogen-bond acceptors (Lipinski definition) is 4. The molecule has 6 heteroatoms. The molecule has 0 aromatic rings. The predicted molar refractivity (Wildman–Crippen MR) is 123 cm³/mol. The zero-order chi connectivity index (χ0) is 21.1. The second-order valence-corrected chi connectivity index (χ2v) is 11.0. The summed E-state index contributed by atoms with van der Waals surface area (Å²) < 4.78 is 19.4. The molecule has 0 bridgehead atoms. The molecule has 5 nitrogen and oxygen atoms in total. The maximum atomic E-state index is 11.9. The van der Waals surface area contributed by atoms with E-state index < -0.39 is 11.4 Å². The Labute approximate surface area is 189 Å². The highest BCUT2D eigenvalue weighted by molar-refractivity contribution is 14.1. The third-order valence-corrected chi connectivity index (χ3v) is 7.41. The quantitative estimate of drug-likeness (QED) is 0.206. The van der Waals surface area contributed by atoms with E-state index in [9.17, 15) is 4.79 Å². The molecule has 1 heterocycles. The van der Waals surface area contributed by atoms with E-state index in [2.05, 4.69) is 40.9 Å². The molecular formula is C23H38INO4. The smallest absolute Gasteiger partial charge is 0.407 e. The Kier molecular flexibility index (Phi) is 7.58. The van der Waals surface area contributed by atoms with Crippen molar-refractivity contribution in [2.24, 2.45) is 17.3 Å². The summed E-state index contributed by atoms with van der Waals surface area (Å²) in [5.41, 5.74) is 1.05. The molecule has 1 spiro atoms. The molecule has 29 heavy (non-hydrogen) atoms. The summed E-state index contributed by atoms with van der Waals surface area (Å²) in [7, 11) is 0. The van der Waals surface area contributed by atoms with E-state index in [1.807, 2.05) is 20.8 Å². The van der Waals surface area contributed by atoms with Crippen molar-refractivity contribution in [3.8, 4) is 0 Å². The summed E-state index contributed by atoms with van der Waals surface area (Å²) >= 11 is 2.49. The fourth-order valence-electron chi connectivity index (χ4n) is 5.83. The number of amides is 1. The van der Waals surface area contributed by atoms with Gasteiger partial charge in [-0.05, 0) is 75.6 Å². The van der Waals surface area contributed by atoms with Gasteiger partial charge in [-0.25, -0.2) is 4.79 Å². The van der Waals surface area contributed by atoms with Gasteiger partial charge in [-0.15, -0.1) is 0 Å². The van der Waals surface area contributed by atoms with Crippen molar-refractivity contribution in [3.63, 3.8) is 0 Å². The first-order valence-electron chi connectivity index (χ1n) is 11.2. The topological polar surface area (TPSA) is 56.8 Å². The lowest BCUT2D eigenvalue weighted by molar-refractivity contribution is -0.268. The molecule has 1 N–H and O–H groups in total. The lowest BCUT2D eigenvalue weighted by Gasteiger charge is -2.55. The molecule has 0 radical (unpaired) electrons. The summed E-state index contributed by atoms with van der Waals surface area (Å²) in [6.45, 7) is 10.0. The van der Waals surface area contributed by atoms with E-state index in [0.717, 1.165) is 36.5 Å². The van der Waals surface area contributed by atoms with Crippen LogP contribution in [0.25, 0.3) is 0 Å². The number of halogens is 1. The number of hydrogen-bond donors (Lipinski definition) is 1. The Bertz CT molecular complexity index is 608. The number of ether oxygens (including phenoxy) is 3. The van der Waals surface area contributed by atoms with Gasteiger partial charge in [-0.1, -0.05) is 41.2 Å². The Morgan fingerprint density at radius 3 is 2.69 bits per heavy atom. The van der Waals surface area contributed by atoms with Gasteiger partial charge in [0, 0.05) is 18.4 Å². The molecule has 3 rings (SSSR count).